The lowest BCUT2D eigenvalue weighted by Gasteiger charge is -2.34. The van der Waals surface area contributed by atoms with E-state index in [1.54, 1.807) is 0 Å². The monoisotopic (exact) mass is 485 g/mol. The summed E-state index contributed by atoms with van der Waals surface area (Å²) < 4.78 is 5.93. The highest BCUT2D eigenvalue weighted by molar-refractivity contribution is 5.89. The third-order valence-electron chi connectivity index (χ3n) is 6.95. The third-order valence-corrected chi connectivity index (χ3v) is 6.95. The van der Waals surface area contributed by atoms with E-state index in [1.165, 1.54) is 31.4 Å². The number of anilines is 1. The van der Waals surface area contributed by atoms with E-state index in [2.05, 4.69) is 41.4 Å². The van der Waals surface area contributed by atoms with E-state index in [0.717, 1.165) is 35.5 Å². The van der Waals surface area contributed by atoms with Gasteiger partial charge >= 0.3 is 6.03 Å². The number of carbonyl (C=O) groups excluding carboxylic acids is 1. The molecule has 1 heterocycles. The summed E-state index contributed by atoms with van der Waals surface area (Å²) in [7, 11) is 0. The van der Waals surface area contributed by atoms with Gasteiger partial charge in [0.25, 0.3) is 0 Å². The molecule has 0 radical (unpaired) electrons. The Bertz CT molecular complexity index is 1070. The Morgan fingerprint density at radius 2 is 1.72 bits per heavy atom. The van der Waals surface area contributed by atoms with Gasteiger partial charge in [-0.3, -0.25) is 0 Å². The lowest BCUT2D eigenvalue weighted by atomic mass is 10.0. The van der Waals surface area contributed by atoms with Crippen LogP contribution in [0, 0.1) is 6.92 Å². The van der Waals surface area contributed by atoms with Gasteiger partial charge in [0, 0.05) is 31.4 Å². The Balaban J connectivity index is 1.36. The molecule has 1 aliphatic heterocycles. The van der Waals surface area contributed by atoms with Gasteiger partial charge in [0.05, 0.1) is 0 Å². The molecule has 0 aliphatic carbocycles. The number of piperidine rings is 1. The molecule has 0 saturated carbocycles. The number of hydrogen-bond donors (Lipinski definition) is 1. The summed E-state index contributed by atoms with van der Waals surface area (Å²) in [6.07, 6.45) is 4.84. The molecule has 1 atom stereocenters. The van der Waals surface area contributed by atoms with Crippen molar-refractivity contribution in [3.63, 3.8) is 0 Å². The summed E-state index contributed by atoms with van der Waals surface area (Å²) in [5.74, 6) is 0.831. The van der Waals surface area contributed by atoms with E-state index >= 15 is 0 Å². The van der Waals surface area contributed by atoms with E-state index in [1.807, 2.05) is 66.4 Å². The maximum Gasteiger partial charge on any atom is 0.322 e. The second-order valence-electron chi connectivity index (χ2n) is 9.87. The van der Waals surface area contributed by atoms with Crippen molar-refractivity contribution in [2.24, 2.45) is 0 Å². The first-order valence-corrected chi connectivity index (χ1v) is 13.2. The van der Waals surface area contributed by atoms with Crippen LogP contribution in [0.4, 0.5) is 10.5 Å². The van der Waals surface area contributed by atoms with Gasteiger partial charge in [0.1, 0.15) is 12.4 Å². The van der Waals surface area contributed by atoms with Crippen molar-refractivity contribution in [2.75, 3.05) is 25.0 Å². The lowest BCUT2D eigenvalue weighted by Crippen LogP contribution is -2.40. The second-order valence-corrected chi connectivity index (χ2v) is 9.87. The number of rotatable bonds is 10. The average Bonchev–Trinajstić information content (AvgIpc) is 2.90. The zero-order valence-electron chi connectivity index (χ0n) is 21.7. The molecule has 190 valence electrons. The number of aryl methyl sites for hydroxylation is 1. The summed E-state index contributed by atoms with van der Waals surface area (Å²) in [5.41, 5.74) is 4.23. The Hall–Kier alpha value is -3.31. The Kier molecular flexibility index (Phi) is 9.40. The normalized spacial score (nSPS) is 15.9. The van der Waals surface area contributed by atoms with Crippen LogP contribution in [0.25, 0.3) is 0 Å². The van der Waals surface area contributed by atoms with Crippen molar-refractivity contribution in [2.45, 2.75) is 58.7 Å². The van der Waals surface area contributed by atoms with Gasteiger partial charge in [-0.15, -0.1) is 0 Å². The molecule has 0 aromatic heterocycles. The van der Waals surface area contributed by atoms with Crippen molar-refractivity contribution in [1.82, 2.24) is 9.80 Å². The molecular formula is C31H39N3O2. The molecule has 3 aromatic carbocycles. The molecule has 5 heteroatoms. The quantitative estimate of drug-likeness (QED) is 0.341. The van der Waals surface area contributed by atoms with Crippen LogP contribution >= 0.6 is 0 Å². The molecule has 1 N–H and O–H groups in total. The van der Waals surface area contributed by atoms with Crippen LogP contribution in [0.15, 0.2) is 78.9 Å². The van der Waals surface area contributed by atoms with Gasteiger partial charge < -0.3 is 19.9 Å². The number of hydrogen-bond acceptors (Lipinski definition) is 3. The molecule has 2 amide bonds. The highest BCUT2D eigenvalue weighted by Gasteiger charge is 2.19. The number of amides is 2. The van der Waals surface area contributed by atoms with Crippen molar-refractivity contribution in [1.29, 1.82) is 0 Å². The summed E-state index contributed by atoms with van der Waals surface area (Å²) in [6.45, 7) is 8.39. The molecule has 1 saturated heterocycles. The maximum atomic E-state index is 13.3. The minimum absolute atomic E-state index is 0.0602. The Labute approximate surface area is 216 Å². The van der Waals surface area contributed by atoms with Gasteiger partial charge in [-0.25, -0.2) is 4.79 Å². The molecule has 4 rings (SSSR count). The molecule has 1 unspecified atom stereocenters. The first-order chi connectivity index (χ1) is 17.6. The van der Waals surface area contributed by atoms with E-state index < -0.39 is 0 Å². The number of ether oxygens (including phenoxy) is 1. The fraction of sp³-hybridized carbons (Fsp3) is 0.387. The van der Waals surface area contributed by atoms with E-state index in [9.17, 15) is 4.79 Å². The van der Waals surface area contributed by atoms with Gasteiger partial charge in [-0.1, -0.05) is 66.6 Å². The smallest absolute Gasteiger partial charge is 0.322 e. The molecule has 0 bridgehead atoms. The van der Waals surface area contributed by atoms with Gasteiger partial charge in [0.2, 0.25) is 0 Å². The van der Waals surface area contributed by atoms with Gasteiger partial charge in [0.15, 0.2) is 0 Å². The number of urea groups is 1. The van der Waals surface area contributed by atoms with Crippen LogP contribution in [0.2, 0.25) is 0 Å². The highest BCUT2D eigenvalue weighted by atomic mass is 16.5. The topological polar surface area (TPSA) is 44.8 Å². The van der Waals surface area contributed by atoms with Crippen LogP contribution in [-0.4, -0.2) is 41.5 Å². The summed E-state index contributed by atoms with van der Waals surface area (Å²) in [5, 5.41) is 3.09. The molecule has 36 heavy (non-hydrogen) atoms. The lowest BCUT2D eigenvalue weighted by molar-refractivity contribution is 0.150. The molecule has 0 spiro atoms. The highest BCUT2D eigenvalue weighted by Crippen LogP contribution is 2.19. The Morgan fingerprint density at radius 1 is 0.972 bits per heavy atom. The number of carbonyl (C=O) groups is 1. The fourth-order valence-electron chi connectivity index (χ4n) is 4.70. The first kappa shape index (κ1) is 25.8. The molecule has 3 aromatic rings. The van der Waals surface area contributed by atoms with Gasteiger partial charge in [-0.05, 0) is 75.0 Å². The summed E-state index contributed by atoms with van der Waals surface area (Å²) in [4.78, 5) is 17.7. The van der Waals surface area contributed by atoms with Crippen molar-refractivity contribution >= 4 is 11.7 Å². The number of nitrogens with one attached hydrogen (secondary N) is 1. The molecule has 1 aliphatic rings. The molecule has 5 nitrogen and oxygen atoms in total. The van der Waals surface area contributed by atoms with Gasteiger partial charge in [-0.2, -0.15) is 0 Å². The predicted molar refractivity (Wildman–Crippen MR) is 147 cm³/mol. The number of benzene rings is 3. The molecular weight excluding hydrogens is 446 g/mol. The van der Waals surface area contributed by atoms with Crippen LogP contribution in [-0.2, 0) is 13.2 Å². The van der Waals surface area contributed by atoms with Crippen molar-refractivity contribution < 1.29 is 9.53 Å². The van der Waals surface area contributed by atoms with Crippen LogP contribution < -0.4 is 10.1 Å². The molecule has 1 fully saturated rings. The average molecular weight is 486 g/mol. The summed E-state index contributed by atoms with van der Waals surface area (Å²) in [6, 6.07) is 26.8. The van der Waals surface area contributed by atoms with Crippen molar-refractivity contribution in [3.8, 4) is 5.75 Å². The zero-order chi connectivity index (χ0) is 25.2. The SMILES string of the molecule is Cc1ccc(NC(=O)N(CCCN2CCCCC2C)Cc2ccc(OCc3ccccc3)cc2)cc1. The number of likely N-dealkylation sites (tertiary alicyclic amines) is 1. The van der Waals surface area contributed by atoms with E-state index in [-0.39, 0.29) is 6.03 Å². The minimum Gasteiger partial charge on any atom is -0.489 e. The van der Waals surface area contributed by atoms with Crippen LogP contribution in [0.5, 0.6) is 5.75 Å². The van der Waals surface area contributed by atoms with E-state index in [0.29, 0.717) is 25.7 Å². The maximum absolute atomic E-state index is 13.3. The minimum atomic E-state index is -0.0602. The van der Waals surface area contributed by atoms with Crippen molar-refractivity contribution in [3.05, 3.63) is 95.6 Å². The second kappa shape index (κ2) is 13.1. The van der Waals surface area contributed by atoms with E-state index in [4.69, 9.17) is 4.74 Å². The largest absolute Gasteiger partial charge is 0.489 e. The standard InChI is InChI=1S/C31H39N3O2/c1-25-12-16-29(17-13-25)32-31(35)34(22-8-21-33-20-7-6-9-26(33)2)23-27-14-18-30(19-15-27)36-24-28-10-4-3-5-11-28/h3-5,10-19,26H,6-9,20-24H2,1-2H3,(H,32,35). The van der Waals surface area contributed by atoms with Crippen LogP contribution in [0.1, 0.15) is 49.3 Å². The summed E-state index contributed by atoms with van der Waals surface area (Å²) >= 11 is 0. The zero-order valence-corrected chi connectivity index (χ0v) is 21.7. The predicted octanol–water partition coefficient (Wildman–Crippen LogP) is 6.87. The fourth-order valence-corrected chi connectivity index (χ4v) is 4.70. The Morgan fingerprint density at radius 3 is 2.44 bits per heavy atom. The third kappa shape index (κ3) is 7.85. The van der Waals surface area contributed by atoms with Crippen LogP contribution in [0.3, 0.4) is 0 Å². The number of nitrogens with zero attached hydrogens (tertiary/aromatic N) is 2. The first-order valence-electron chi connectivity index (χ1n) is 13.2.